The van der Waals surface area contributed by atoms with Crippen molar-refractivity contribution in [2.75, 3.05) is 13.2 Å². The third-order valence-electron chi connectivity index (χ3n) is 3.51. The van der Waals surface area contributed by atoms with Gasteiger partial charge in [-0.2, -0.15) is 0 Å². The molecule has 0 spiro atoms. The summed E-state index contributed by atoms with van der Waals surface area (Å²) < 4.78 is 32.0. The molecule has 2 rings (SSSR count). The molecular weight excluding hydrogens is 300 g/mol. The molecule has 0 radical (unpaired) electrons. The average Bonchev–Trinajstić information content (AvgIpc) is 2.53. The second-order valence-corrected chi connectivity index (χ2v) is 5.45. The summed E-state index contributed by atoms with van der Waals surface area (Å²) in [5.41, 5.74) is 1.40. The molecular formula is C18H21F2NO2. The van der Waals surface area contributed by atoms with Crippen molar-refractivity contribution in [1.82, 2.24) is 5.32 Å². The van der Waals surface area contributed by atoms with Crippen LogP contribution in [0.15, 0.2) is 48.5 Å². The Morgan fingerprint density at radius 1 is 1.13 bits per heavy atom. The third kappa shape index (κ3) is 5.71. The van der Waals surface area contributed by atoms with E-state index in [2.05, 4.69) is 5.32 Å². The Balaban J connectivity index is 1.72. The molecule has 0 aromatic heterocycles. The third-order valence-corrected chi connectivity index (χ3v) is 3.51. The minimum Gasteiger partial charge on any atom is -0.389 e. The van der Waals surface area contributed by atoms with Crippen LogP contribution in [0.2, 0.25) is 0 Å². The first-order valence-electron chi connectivity index (χ1n) is 7.54. The Hall–Kier alpha value is -1.82. The molecule has 0 saturated heterocycles. The van der Waals surface area contributed by atoms with Crippen molar-refractivity contribution in [3.63, 3.8) is 0 Å². The van der Waals surface area contributed by atoms with Crippen LogP contribution < -0.4 is 5.32 Å². The van der Waals surface area contributed by atoms with Gasteiger partial charge in [-0.25, -0.2) is 8.78 Å². The average molecular weight is 321 g/mol. The van der Waals surface area contributed by atoms with Gasteiger partial charge in [0.15, 0.2) is 0 Å². The Kier molecular flexibility index (Phi) is 6.65. The maximum atomic E-state index is 13.6. The van der Waals surface area contributed by atoms with E-state index in [1.54, 1.807) is 6.92 Å². The van der Waals surface area contributed by atoms with Gasteiger partial charge < -0.3 is 15.2 Å². The summed E-state index contributed by atoms with van der Waals surface area (Å²) in [6.07, 6.45) is -0.704. The van der Waals surface area contributed by atoms with E-state index in [-0.39, 0.29) is 19.2 Å². The van der Waals surface area contributed by atoms with Crippen LogP contribution in [0.5, 0.6) is 0 Å². The Morgan fingerprint density at radius 3 is 2.57 bits per heavy atom. The standard InChI is InChI=1S/C18H21F2NO2/c1-13(17-8-7-15(19)9-18(17)20)21-10-16(22)12-23-11-14-5-3-2-4-6-14/h2-9,13,16,21-22H,10-12H2,1H3. The number of rotatable bonds is 8. The fourth-order valence-corrected chi connectivity index (χ4v) is 2.22. The molecule has 0 bridgehead atoms. The lowest BCUT2D eigenvalue weighted by Gasteiger charge is -2.18. The van der Waals surface area contributed by atoms with Gasteiger partial charge in [-0.05, 0) is 18.6 Å². The first kappa shape index (κ1) is 17.5. The molecule has 0 aliphatic heterocycles. The smallest absolute Gasteiger partial charge is 0.130 e. The van der Waals surface area contributed by atoms with Crippen LogP contribution in [-0.4, -0.2) is 24.4 Å². The maximum Gasteiger partial charge on any atom is 0.130 e. The van der Waals surface area contributed by atoms with Crippen LogP contribution in [0.3, 0.4) is 0 Å². The molecule has 124 valence electrons. The lowest BCUT2D eigenvalue weighted by atomic mass is 10.1. The van der Waals surface area contributed by atoms with E-state index in [9.17, 15) is 13.9 Å². The summed E-state index contributed by atoms with van der Waals surface area (Å²) in [6.45, 7) is 2.63. The molecule has 2 aromatic carbocycles. The van der Waals surface area contributed by atoms with Crippen LogP contribution >= 0.6 is 0 Å². The highest BCUT2D eigenvalue weighted by Gasteiger charge is 2.13. The molecule has 3 nitrogen and oxygen atoms in total. The monoisotopic (exact) mass is 321 g/mol. The minimum atomic E-state index is -0.704. The zero-order valence-electron chi connectivity index (χ0n) is 13.0. The van der Waals surface area contributed by atoms with Crippen LogP contribution in [0.4, 0.5) is 8.78 Å². The molecule has 2 N–H and O–H groups in total. The van der Waals surface area contributed by atoms with Crippen molar-refractivity contribution in [2.45, 2.75) is 25.7 Å². The Morgan fingerprint density at radius 2 is 1.87 bits per heavy atom. The highest BCUT2D eigenvalue weighted by Crippen LogP contribution is 2.17. The van der Waals surface area contributed by atoms with Crippen LogP contribution in [0, 0.1) is 11.6 Å². The van der Waals surface area contributed by atoms with Crippen molar-refractivity contribution in [3.05, 3.63) is 71.3 Å². The summed E-state index contributed by atoms with van der Waals surface area (Å²) in [4.78, 5) is 0. The number of nitrogens with one attached hydrogen (secondary N) is 1. The Labute approximate surface area is 134 Å². The van der Waals surface area contributed by atoms with E-state index in [0.29, 0.717) is 12.2 Å². The second kappa shape index (κ2) is 8.72. The summed E-state index contributed by atoms with van der Waals surface area (Å²) in [6, 6.07) is 12.8. The summed E-state index contributed by atoms with van der Waals surface area (Å²) >= 11 is 0. The van der Waals surface area contributed by atoms with Gasteiger partial charge in [0.1, 0.15) is 11.6 Å². The number of benzene rings is 2. The molecule has 2 atom stereocenters. The van der Waals surface area contributed by atoms with E-state index in [4.69, 9.17) is 4.74 Å². The van der Waals surface area contributed by atoms with Crippen molar-refractivity contribution in [2.24, 2.45) is 0 Å². The van der Waals surface area contributed by atoms with Gasteiger partial charge in [-0.15, -0.1) is 0 Å². The number of aliphatic hydroxyl groups is 1. The van der Waals surface area contributed by atoms with Gasteiger partial charge in [0.05, 0.1) is 19.3 Å². The summed E-state index contributed by atoms with van der Waals surface area (Å²) in [5.74, 6) is -1.20. The van der Waals surface area contributed by atoms with Crippen molar-refractivity contribution in [3.8, 4) is 0 Å². The highest BCUT2D eigenvalue weighted by atomic mass is 19.1. The van der Waals surface area contributed by atoms with Gasteiger partial charge in [0.25, 0.3) is 0 Å². The normalized spacial score (nSPS) is 13.7. The zero-order chi connectivity index (χ0) is 16.7. The zero-order valence-corrected chi connectivity index (χ0v) is 13.0. The van der Waals surface area contributed by atoms with E-state index in [0.717, 1.165) is 11.6 Å². The molecule has 2 unspecified atom stereocenters. The van der Waals surface area contributed by atoms with Crippen LogP contribution in [0.1, 0.15) is 24.1 Å². The minimum absolute atomic E-state index is 0.181. The largest absolute Gasteiger partial charge is 0.389 e. The topological polar surface area (TPSA) is 41.5 Å². The number of hydrogen-bond acceptors (Lipinski definition) is 3. The van der Waals surface area contributed by atoms with E-state index in [1.807, 2.05) is 30.3 Å². The molecule has 0 heterocycles. The maximum absolute atomic E-state index is 13.6. The van der Waals surface area contributed by atoms with Gasteiger partial charge in [0, 0.05) is 24.2 Å². The van der Waals surface area contributed by atoms with Crippen molar-refractivity contribution < 1.29 is 18.6 Å². The number of hydrogen-bond donors (Lipinski definition) is 2. The first-order valence-corrected chi connectivity index (χ1v) is 7.54. The number of ether oxygens (including phenoxy) is 1. The van der Waals surface area contributed by atoms with Gasteiger partial charge in [0.2, 0.25) is 0 Å². The molecule has 23 heavy (non-hydrogen) atoms. The lowest BCUT2D eigenvalue weighted by Crippen LogP contribution is -2.32. The summed E-state index contributed by atoms with van der Waals surface area (Å²) in [5, 5.41) is 12.9. The molecule has 0 saturated carbocycles. The number of halogens is 2. The Bertz CT molecular complexity index is 607. The second-order valence-electron chi connectivity index (χ2n) is 5.45. The molecule has 5 heteroatoms. The van der Waals surface area contributed by atoms with E-state index in [1.165, 1.54) is 12.1 Å². The predicted octanol–water partition coefficient (Wildman–Crippen LogP) is 3.19. The molecule has 0 aliphatic carbocycles. The van der Waals surface area contributed by atoms with Crippen molar-refractivity contribution >= 4 is 0 Å². The predicted molar refractivity (Wildman–Crippen MR) is 84.9 cm³/mol. The fourth-order valence-electron chi connectivity index (χ4n) is 2.22. The van der Waals surface area contributed by atoms with Crippen molar-refractivity contribution in [1.29, 1.82) is 0 Å². The first-order chi connectivity index (χ1) is 11.1. The molecule has 0 amide bonds. The molecule has 2 aromatic rings. The van der Waals surface area contributed by atoms with Gasteiger partial charge >= 0.3 is 0 Å². The van der Waals surface area contributed by atoms with E-state index < -0.39 is 17.7 Å². The van der Waals surface area contributed by atoms with Gasteiger partial charge in [-0.1, -0.05) is 36.4 Å². The lowest BCUT2D eigenvalue weighted by molar-refractivity contribution is 0.0278. The van der Waals surface area contributed by atoms with E-state index >= 15 is 0 Å². The van der Waals surface area contributed by atoms with Crippen LogP contribution in [-0.2, 0) is 11.3 Å². The number of aliphatic hydroxyl groups excluding tert-OH is 1. The van der Waals surface area contributed by atoms with Gasteiger partial charge in [-0.3, -0.25) is 0 Å². The quantitative estimate of drug-likeness (QED) is 0.784. The fraction of sp³-hybridized carbons (Fsp3) is 0.333. The summed E-state index contributed by atoms with van der Waals surface area (Å²) in [7, 11) is 0. The SMILES string of the molecule is CC(NCC(O)COCc1ccccc1)c1ccc(F)cc1F. The van der Waals surface area contributed by atoms with Crippen LogP contribution in [0.25, 0.3) is 0 Å². The molecule has 0 fully saturated rings. The molecule has 0 aliphatic rings. The highest BCUT2D eigenvalue weighted by molar-refractivity contribution is 5.21.